The van der Waals surface area contributed by atoms with Crippen LogP contribution in [0.25, 0.3) is 5.57 Å². The Labute approximate surface area is 111 Å². The van der Waals surface area contributed by atoms with Gasteiger partial charge in [0.2, 0.25) is 0 Å². The maximum Gasteiger partial charge on any atom is 0.262 e. The maximum absolute atomic E-state index is 11.7. The van der Waals surface area contributed by atoms with E-state index in [-0.39, 0.29) is 11.9 Å². The summed E-state index contributed by atoms with van der Waals surface area (Å²) in [6, 6.07) is 5.59. The zero-order valence-electron chi connectivity index (χ0n) is 10.9. The number of allylic oxidation sites excluding steroid dienone is 1. The van der Waals surface area contributed by atoms with Crippen LogP contribution in [-0.2, 0) is 4.79 Å². The highest BCUT2D eigenvalue weighted by Gasteiger charge is 2.34. The normalized spacial score (nSPS) is 20.7. The van der Waals surface area contributed by atoms with Gasteiger partial charge in [0.1, 0.15) is 18.4 Å². The number of anilines is 1. The lowest BCUT2D eigenvalue weighted by molar-refractivity contribution is -0.122. The van der Waals surface area contributed by atoms with Crippen molar-refractivity contribution in [1.82, 2.24) is 5.43 Å². The minimum absolute atomic E-state index is 0.111. The summed E-state index contributed by atoms with van der Waals surface area (Å²) in [5.74, 6) is 1.38. The Bertz CT molecular complexity index is 607. The van der Waals surface area contributed by atoms with Crippen molar-refractivity contribution < 1.29 is 9.53 Å². The predicted octanol–water partition coefficient (Wildman–Crippen LogP) is 1.75. The van der Waals surface area contributed by atoms with Gasteiger partial charge in [-0.2, -0.15) is 5.10 Å². The number of nitrogens with zero attached hydrogens (tertiary/aromatic N) is 2. The van der Waals surface area contributed by atoms with Gasteiger partial charge in [0, 0.05) is 0 Å². The summed E-state index contributed by atoms with van der Waals surface area (Å²) in [5, 5.41) is 4.04. The van der Waals surface area contributed by atoms with Gasteiger partial charge >= 0.3 is 0 Å². The van der Waals surface area contributed by atoms with Crippen LogP contribution in [-0.4, -0.2) is 24.4 Å². The number of hydrogen-bond acceptors (Lipinski definition) is 4. The standard InChI is InChI=1S/C14H15N3O2/c1-8(2)10-4-5-11-12(6-10)19-7-13-15-16-14(18)9(3)17(11)13/h4-6,9H,1,7H2,2-3H3,(H,16,18). The quantitative estimate of drug-likeness (QED) is 0.834. The highest BCUT2D eigenvalue weighted by molar-refractivity contribution is 6.09. The first-order valence-corrected chi connectivity index (χ1v) is 6.16. The number of nitrogens with one attached hydrogen (secondary N) is 1. The summed E-state index contributed by atoms with van der Waals surface area (Å²) in [6.45, 7) is 8.09. The minimum atomic E-state index is -0.286. The molecule has 98 valence electrons. The van der Waals surface area contributed by atoms with E-state index in [1.165, 1.54) is 0 Å². The molecule has 1 atom stereocenters. The number of benzene rings is 1. The predicted molar refractivity (Wildman–Crippen MR) is 74.2 cm³/mol. The number of hydrazone groups is 1. The van der Waals surface area contributed by atoms with E-state index in [1.54, 1.807) is 0 Å². The Morgan fingerprint density at radius 3 is 3.11 bits per heavy atom. The van der Waals surface area contributed by atoms with Gasteiger partial charge in [-0.15, -0.1) is 0 Å². The molecule has 5 heteroatoms. The molecule has 0 saturated carbocycles. The lowest BCUT2D eigenvalue weighted by Crippen LogP contribution is -2.55. The Morgan fingerprint density at radius 2 is 2.37 bits per heavy atom. The monoisotopic (exact) mass is 257 g/mol. The van der Waals surface area contributed by atoms with Crippen molar-refractivity contribution in [2.45, 2.75) is 19.9 Å². The van der Waals surface area contributed by atoms with Crippen LogP contribution in [0.4, 0.5) is 5.69 Å². The zero-order valence-corrected chi connectivity index (χ0v) is 10.9. The fraction of sp³-hybridized carbons (Fsp3) is 0.286. The lowest BCUT2D eigenvalue weighted by Gasteiger charge is -2.38. The van der Waals surface area contributed by atoms with E-state index in [0.717, 1.165) is 28.4 Å². The van der Waals surface area contributed by atoms with Crippen LogP contribution in [0.2, 0.25) is 0 Å². The van der Waals surface area contributed by atoms with Gasteiger partial charge in [0.05, 0.1) is 5.69 Å². The van der Waals surface area contributed by atoms with Crippen LogP contribution in [0.15, 0.2) is 29.9 Å². The molecule has 0 aromatic heterocycles. The number of hydrogen-bond donors (Lipinski definition) is 1. The molecule has 1 aromatic rings. The first-order valence-electron chi connectivity index (χ1n) is 6.16. The van der Waals surface area contributed by atoms with E-state index < -0.39 is 0 Å². The molecule has 3 rings (SSSR count). The van der Waals surface area contributed by atoms with Gasteiger partial charge in [0.15, 0.2) is 5.84 Å². The van der Waals surface area contributed by atoms with Crippen LogP contribution in [0.1, 0.15) is 19.4 Å². The summed E-state index contributed by atoms with van der Waals surface area (Å²) in [6.07, 6.45) is 0. The maximum atomic E-state index is 11.7. The van der Waals surface area contributed by atoms with E-state index >= 15 is 0 Å². The highest BCUT2D eigenvalue weighted by Crippen LogP contribution is 2.36. The summed E-state index contributed by atoms with van der Waals surface area (Å²) >= 11 is 0. The van der Waals surface area contributed by atoms with Crippen LogP contribution < -0.4 is 15.1 Å². The van der Waals surface area contributed by atoms with E-state index in [4.69, 9.17) is 4.74 Å². The average molecular weight is 257 g/mol. The van der Waals surface area contributed by atoms with E-state index in [9.17, 15) is 4.79 Å². The second kappa shape index (κ2) is 4.12. The molecule has 1 amide bonds. The number of ether oxygens (including phenoxy) is 1. The number of amides is 1. The minimum Gasteiger partial charge on any atom is -0.483 e. The SMILES string of the molecule is C=C(C)c1ccc2c(c1)OCC1=NNC(=O)C(C)N12. The lowest BCUT2D eigenvalue weighted by atomic mass is 10.1. The third-order valence-electron chi connectivity index (χ3n) is 3.41. The van der Waals surface area contributed by atoms with Gasteiger partial charge in [-0.25, -0.2) is 5.43 Å². The zero-order chi connectivity index (χ0) is 13.6. The van der Waals surface area contributed by atoms with E-state index in [2.05, 4.69) is 17.1 Å². The van der Waals surface area contributed by atoms with Crippen molar-refractivity contribution in [2.24, 2.45) is 5.10 Å². The molecule has 0 bridgehead atoms. The average Bonchev–Trinajstić information content (AvgIpc) is 2.41. The van der Waals surface area contributed by atoms with Gasteiger partial charge in [-0.3, -0.25) is 4.79 Å². The van der Waals surface area contributed by atoms with Gasteiger partial charge in [-0.05, 0) is 31.5 Å². The Kier molecular flexibility index (Phi) is 2.55. The molecule has 0 fully saturated rings. The molecule has 1 aromatic carbocycles. The first-order chi connectivity index (χ1) is 9.08. The smallest absolute Gasteiger partial charge is 0.262 e. The molecule has 0 radical (unpaired) electrons. The second-order valence-electron chi connectivity index (χ2n) is 4.80. The largest absolute Gasteiger partial charge is 0.483 e. The van der Waals surface area contributed by atoms with Gasteiger partial charge in [0.25, 0.3) is 5.91 Å². The number of fused-ring (bicyclic) bond motifs is 3. The molecule has 1 unspecified atom stereocenters. The number of carbonyl (C=O) groups excluding carboxylic acids is 1. The van der Waals surface area contributed by atoms with Crippen LogP contribution >= 0.6 is 0 Å². The molecular formula is C14H15N3O2. The topological polar surface area (TPSA) is 53.9 Å². The highest BCUT2D eigenvalue weighted by atomic mass is 16.5. The molecule has 0 saturated heterocycles. The first kappa shape index (κ1) is 11.8. The van der Waals surface area contributed by atoms with E-state index in [0.29, 0.717) is 6.61 Å². The molecule has 1 N–H and O–H groups in total. The Balaban J connectivity index is 2.09. The molecule has 19 heavy (non-hydrogen) atoms. The fourth-order valence-corrected chi connectivity index (χ4v) is 2.29. The van der Waals surface area contributed by atoms with Crippen LogP contribution in [0.5, 0.6) is 5.75 Å². The van der Waals surface area contributed by atoms with Crippen molar-refractivity contribution in [3.05, 3.63) is 30.3 Å². The number of carbonyl (C=O) groups is 1. The Morgan fingerprint density at radius 1 is 1.58 bits per heavy atom. The number of amidine groups is 1. The summed E-state index contributed by atoms with van der Waals surface area (Å²) in [5.41, 5.74) is 5.39. The van der Waals surface area contributed by atoms with Crippen molar-refractivity contribution in [1.29, 1.82) is 0 Å². The fourth-order valence-electron chi connectivity index (χ4n) is 2.29. The number of rotatable bonds is 1. The van der Waals surface area contributed by atoms with Crippen LogP contribution in [0.3, 0.4) is 0 Å². The molecule has 2 heterocycles. The summed E-state index contributed by atoms with van der Waals surface area (Å²) in [4.78, 5) is 13.6. The van der Waals surface area contributed by atoms with Gasteiger partial charge < -0.3 is 9.64 Å². The molecule has 0 spiro atoms. The molecule has 2 aliphatic rings. The molecule has 2 aliphatic heterocycles. The third kappa shape index (κ3) is 1.78. The van der Waals surface area contributed by atoms with Crippen molar-refractivity contribution in [2.75, 3.05) is 11.5 Å². The van der Waals surface area contributed by atoms with Crippen molar-refractivity contribution in [3.63, 3.8) is 0 Å². The molecule has 0 aliphatic carbocycles. The summed E-state index contributed by atoms with van der Waals surface area (Å²) in [7, 11) is 0. The Hall–Kier alpha value is -2.30. The van der Waals surface area contributed by atoms with Gasteiger partial charge in [-0.1, -0.05) is 18.2 Å². The summed E-state index contributed by atoms with van der Waals surface area (Å²) < 4.78 is 5.70. The molecule has 5 nitrogen and oxygen atoms in total. The second-order valence-corrected chi connectivity index (χ2v) is 4.80. The van der Waals surface area contributed by atoms with E-state index in [1.807, 2.05) is 36.9 Å². The van der Waals surface area contributed by atoms with Crippen molar-refractivity contribution in [3.8, 4) is 5.75 Å². The van der Waals surface area contributed by atoms with Crippen molar-refractivity contribution >= 4 is 23.0 Å². The third-order valence-corrected chi connectivity index (χ3v) is 3.41. The van der Waals surface area contributed by atoms with Crippen LogP contribution in [0, 0.1) is 0 Å². The molecular weight excluding hydrogens is 242 g/mol.